The lowest BCUT2D eigenvalue weighted by Crippen LogP contribution is -2.53. The molecular weight excluding hydrogens is 349 g/mol. The normalized spacial score (nSPS) is 17.0. The third kappa shape index (κ3) is 5.11. The van der Waals surface area contributed by atoms with Crippen LogP contribution in [0.4, 0.5) is 18.0 Å². The van der Waals surface area contributed by atoms with Crippen molar-refractivity contribution in [2.45, 2.75) is 44.2 Å². The topological polar surface area (TPSA) is 61.8 Å². The Labute approximate surface area is 151 Å². The van der Waals surface area contributed by atoms with Crippen molar-refractivity contribution in [3.63, 3.8) is 0 Å². The number of ether oxygens (including phenoxy) is 1. The molecule has 1 aliphatic rings. The molecule has 2 rings (SSSR count). The first-order valence-electron chi connectivity index (χ1n) is 8.81. The summed E-state index contributed by atoms with van der Waals surface area (Å²) in [5.74, 6) is -3.82. The Morgan fingerprint density at radius 1 is 1.23 bits per heavy atom. The average molecular weight is 374 g/mol. The molecule has 0 aliphatic carbocycles. The van der Waals surface area contributed by atoms with Gasteiger partial charge < -0.3 is 20.1 Å². The fraction of sp³-hybridized carbons (Fsp3) is 0.611. The number of nitrogens with one attached hydrogen (secondary N) is 1. The van der Waals surface area contributed by atoms with Crippen LogP contribution in [-0.2, 0) is 10.5 Å². The van der Waals surface area contributed by atoms with Crippen LogP contribution in [0.5, 0.6) is 0 Å². The number of unbranched alkanes of at least 4 members (excludes halogenated alkanes) is 1. The summed E-state index contributed by atoms with van der Waals surface area (Å²) in [5.41, 5.74) is -2.83. The molecule has 1 saturated heterocycles. The SMILES string of the molecule is COCCCC[C@@](O)(NC(=O)N1CCCCC1)c1cc(F)cc(F)c1F. The molecule has 1 aromatic carbocycles. The van der Waals surface area contributed by atoms with Gasteiger partial charge in [0, 0.05) is 38.4 Å². The van der Waals surface area contributed by atoms with Gasteiger partial charge in [-0.25, -0.2) is 18.0 Å². The summed E-state index contributed by atoms with van der Waals surface area (Å²) >= 11 is 0. The first kappa shape index (κ1) is 20.5. The number of benzene rings is 1. The number of nitrogens with zero attached hydrogens (tertiary/aromatic N) is 1. The Kier molecular flexibility index (Phi) is 7.28. The summed E-state index contributed by atoms with van der Waals surface area (Å²) in [6.45, 7) is 1.45. The highest BCUT2D eigenvalue weighted by atomic mass is 19.2. The highest BCUT2D eigenvalue weighted by molar-refractivity contribution is 5.75. The van der Waals surface area contributed by atoms with Gasteiger partial charge in [-0.15, -0.1) is 0 Å². The van der Waals surface area contributed by atoms with Crippen molar-refractivity contribution in [1.82, 2.24) is 10.2 Å². The molecule has 0 aromatic heterocycles. The first-order valence-corrected chi connectivity index (χ1v) is 8.81. The van der Waals surface area contributed by atoms with E-state index in [-0.39, 0.29) is 6.42 Å². The quantitative estimate of drug-likeness (QED) is 0.438. The molecule has 8 heteroatoms. The van der Waals surface area contributed by atoms with E-state index in [1.807, 2.05) is 0 Å². The summed E-state index contributed by atoms with van der Waals surface area (Å²) in [7, 11) is 1.52. The number of carbonyl (C=O) groups is 1. The van der Waals surface area contributed by atoms with Crippen LogP contribution in [0.1, 0.15) is 44.1 Å². The van der Waals surface area contributed by atoms with Crippen LogP contribution >= 0.6 is 0 Å². The molecular formula is C18H25F3N2O3. The van der Waals surface area contributed by atoms with Crippen molar-refractivity contribution in [3.05, 3.63) is 35.1 Å². The van der Waals surface area contributed by atoms with Gasteiger partial charge in [0.1, 0.15) is 5.82 Å². The van der Waals surface area contributed by atoms with Crippen LogP contribution in [0.3, 0.4) is 0 Å². The summed E-state index contributed by atoms with van der Waals surface area (Å²) in [6.07, 6.45) is 3.48. The van der Waals surface area contributed by atoms with Gasteiger partial charge in [-0.1, -0.05) is 0 Å². The number of carbonyl (C=O) groups excluding carboxylic acids is 1. The van der Waals surface area contributed by atoms with Crippen LogP contribution in [0.2, 0.25) is 0 Å². The molecule has 2 N–H and O–H groups in total. The number of amides is 2. The van der Waals surface area contributed by atoms with Gasteiger partial charge in [0.05, 0.1) is 0 Å². The second kappa shape index (κ2) is 9.23. The zero-order valence-electron chi connectivity index (χ0n) is 14.9. The van der Waals surface area contributed by atoms with E-state index in [0.717, 1.165) is 19.3 Å². The molecule has 1 fully saturated rings. The predicted molar refractivity (Wildman–Crippen MR) is 89.9 cm³/mol. The Hall–Kier alpha value is -1.80. The van der Waals surface area contributed by atoms with Crippen LogP contribution in [0.15, 0.2) is 12.1 Å². The standard InChI is InChI=1S/C18H25F3N2O3/c1-26-10-6-3-7-18(25,14-11-13(19)12-15(20)16(14)21)22-17(24)23-8-4-2-5-9-23/h11-12,25H,2-10H2,1H3,(H,22,24)/t18-/m0/s1. The van der Waals surface area contributed by atoms with Crippen LogP contribution in [0, 0.1) is 17.5 Å². The molecule has 5 nitrogen and oxygen atoms in total. The molecule has 0 bridgehead atoms. The van der Waals surface area contributed by atoms with Gasteiger partial charge in [-0.05, 0) is 44.6 Å². The number of urea groups is 1. The largest absolute Gasteiger partial charge is 0.385 e. The molecule has 0 saturated carbocycles. The lowest BCUT2D eigenvalue weighted by Gasteiger charge is -2.34. The number of methoxy groups -OCH3 is 1. The molecule has 1 heterocycles. The Bertz CT molecular complexity index is 624. The van der Waals surface area contributed by atoms with Gasteiger partial charge in [0.2, 0.25) is 0 Å². The zero-order chi connectivity index (χ0) is 19.2. The minimum Gasteiger partial charge on any atom is -0.385 e. The summed E-state index contributed by atoms with van der Waals surface area (Å²) < 4.78 is 46.4. The number of halogens is 3. The molecule has 1 atom stereocenters. The monoisotopic (exact) mass is 374 g/mol. The second-order valence-corrected chi connectivity index (χ2v) is 6.54. The van der Waals surface area contributed by atoms with Gasteiger partial charge in [-0.3, -0.25) is 0 Å². The van der Waals surface area contributed by atoms with Gasteiger partial charge in [-0.2, -0.15) is 0 Å². The van der Waals surface area contributed by atoms with E-state index in [1.54, 1.807) is 0 Å². The molecule has 1 aromatic rings. The highest BCUT2D eigenvalue weighted by Crippen LogP contribution is 2.29. The number of hydrogen-bond acceptors (Lipinski definition) is 3. The van der Waals surface area contributed by atoms with E-state index in [1.165, 1.54) is 12.0 Å². The van der Waals surface area contributed by atoms with Gasteiger partial charge >= 0.3 is 6.03 Å². The van der Waals surface area contributed by atoms with E-state index in [4.69, 9.17) is 4.74 Å². The first-order chi connectivity index (χ1) is 12.4. The number of aliphatic hydroxyl groups is 1. The van der Waals surface area contributed by atoms with Crippen molar-refractivity contribution in [1.29, 1.82) is 0 Å². The fourth-order valence-electron chi connectivity index (χ4n) is 3.10. The van der Waals surface area contributed by atoms with E-state index >= 15 is 0 Å². The smallest absolute Gasteiger partial charge is 0.319 e. The van der Waals surface area contributed by atoms with Crippen molar-refractivity contribution in [2.75, 3.05) is 26.8 Å². The lowest BCUT2D eigenvalue weighted by atomic mass is 9.95. The second-order valence-electron chi connectivity index (χ2n) is 6.54. The maximum absolute atomic E-state index is 14.3. The summed E-state index contributed by atoms with van der Waals surface area (Å²) in [6, 6.07) is 0.532. The van der Waals surface area contributed by atoms with E-state index in [2.05, 4.69) is 5.32 Å². The molecule has 0 radical (unpaired) electrons. The molecule has 1 aliphatic heterocycles. The minimum absolute atomic E-state index is 0.101. The maximum atomic E-state index is 14.3. The zero-order valence-corrected chi connectivity index (χ0v) is 14.9. The van der Waals surface area contributed by atoms with Crippen LogP contribution in [-0.4, -0.2) is 42.8 Å². The van der Waals surface area contributed by atoms with Gasteiger partial charge in [0.25, 0.3) is 0 Å². The number of rotatable bonds is 7. The predicted octanol–water partition coefficient (Wildman–Crippen LogP) is 3.26. The fourth-order valence-corrected chi connectivity index (χ4v) is 3.10. The van der Waals surface area contributed by atoms with Crippen LogP contribution < -0.4 is 5.32 Å². The van der Waals surface area contributed by atoms with E-state index in [0.29, 0.717) is 44.7 Å². The van der Waals surface area contributed by atoms with Gasteiger partial charge in [0.15, 0.2) is 17.4 Å². The van der Waals surface area contributed by atoms with Crippen molar-refractivity contribution < 1.29 is 27.8 Å². The molecule has 146 valence electrons. The molecule has 2 amide bonds. The Balaban J connectivity index is 2.25. The molecule has 0 spiro atoms. The summed E-state index contributed by atoms with van der Waals surface area (Å²) in [4.78, 5) is 14.0. The Morgan fingerprint density at radius 3 is 2.58 bits per heavy atom. The van der Waals surface area contributed by atoms with Crippen molar-refractivity contribution in [3.8, 4) is 0 Å². The van der Waals surface area contributed by atoms with E-state index in [9.17, 15) is 23.1 Å². The molecule has 26 heavy (non-hydrogen) atoms. The van der Waals surface area contributed by atoms with Crippen molar-refractivity contribution >= 4 is 6.03 Å². The van der Waals surface area contributed by atoms with E-state index < -0.39 is 34.8 Å². The average Bonchev–Trinajstić information content (AvgIpc) is 2.62. The minimum atomic E-state index is -2.21. The number of hydrogen-bond donors (Lipinski definition) is 2. The number of piperidine rings is 1. The van der Waals surface area contributed by atoms with Crippen LogP contribution in [0.25, 0.3) is 0 Å². The maximum Gasteiger partial charge on any atom is 0.319 e. The van der Waals surface area contributed by atoms with Crippen molar-refractivity contribution in [2.24, 2.45) is 0 Å². The third-order valence-corrected chi connectivity index (χ3v) is 4.53. The Morgan fingerprint density at radius 2 is 1.92 bits per heavy atom. The molecule has 0 unspecified atom stereocenters. The summed E-state index contributed by atoms with van der Waals surface area (Å²) in [5, 5.41) is 13.3. The number of likely N-dealkylation sites (tertiary alicyclic amines) is 1. The lowest BCUT2D eigenvalue weighted by molar-refractivity contribution is -0.00889. The third-order valence-electron chi connectivity index (χ3n) is 4.53. The highest BCUT2D eigenvalue weighted by Gasteiger charge is 2.36.